The minimum absolute atomic E-state index is 0.0899. The number of carbonyl (C=O) groups is 1. The van der Waals surface area contributed by atoms with Gasteiger partial charge in [-0.05, 0) is 32.3 Å². The third kappa shape index (κ3) is 3.70. The normalized spacial score (nSPS) is 17.1. The molecule has 0 aliphatic carbocycles. The molecule has 5 heteroatoms. The molecule has 110 valence electrons. The van der Waals surface area contributed by atoms with Gasteiger partial charge in [0.25, 0.3) is 0 Å². The first-order chi connectivity index (χ1) is 9.59. The Kier molecular flexibility index (Phi) is 5.38. The maximum atomic E-state index is 13.7. The summed E-state index contributed by atoms with van der Waals surface area (Å²) < 4.78 is 13.7. The molecular formula is C15H20ClFN2O. The zero-order chi connectivity index (χ0) is 14.5. The van der Waals surface area contributed by atoms with Crippen LogP contribution in [0.2, 0.25) is 5.02 Å². The van der Waals surface area contributed by atoms with Crippen molar-refractivity contribution in [3.8, 4) is 0 Å². The van der Waals surface area contributed by atoms with Crippen LogP contribution in [-0.4, -0.2) is 29.9 Å². The van der Waals surface area contributed by atoms with Gasteiger partial charge in [-0.25, -0.2) is 4.39 Å². The number of likely N-dealkylation sites (tertiary alicyclic amines) is 1. The lowest BCUT2D eigenvalue weighted by molar-refractivity contribution is -0.133. The van der Waals surface area contributed by atoms with Crippen LogP contribution >= 0.6 is 11.6 Å². The number of hydrogen-bond donors (Lipinski definition) is 1. The van der Waals surface area contributed by atoms with Crippen molar-refractivity contribution in [3.63, 3.8) is 0 Å². The fourth-order valence-corrected chi connectivity index (χ4v) is 2.62. The van der Waals surface area contributed by atoms with Gasteiger partial charge in [0, 0.05) is 25.2 Å². The van der Waals surface area contributed by atoms with Gasteiger partial charge in [0.1, 0.15) is 5.82 Å². The number of nitrogens with one attached hydrogen (secondary N) is 1. The van der Waals surface area contributed by atoms with Crippen molar-refractivity contribution in [3.05, 3.63) is 34.6 Å². The summed E-state index contributed by atoms with van der Waals surface area (Å²) in [5.74, 6) is -0.327. The van der Waals surface area contributed by atoms with Crippen molar-refractivity contribution in [2.45, 2.75) is 38.8 Å². The van der Waals surface area contributed by atoms with Gasteiger partial charge < -0.3 is 10.2 Å². The molecule has 1 heterocycles. The number of carbonyl (C=O) groups excluding carboxylic acids is 1. The Morgan fingerprint density at radius 3 is 2.80 bits per heavy atom. The Morgan fingerprint density at radius 1 is 1.40 bits per heavy atom. The lowest BCUT2D eigenvalue weighted by Gasteiger charge is -2.29. The molecule has 0 bridgehead atoms. The lowest BCUT2D eigenvalue weighted by atomic mass is 10.1. The molecular weight excluding hydrogens is 279 g/mol. The van der Waals surface area contributed by atoms with Gasteiger partial charge in [-0.15, -0.1) is 0 Å². The smallest absolute Gasteiger partial charge is 0.239 e. The molecule has 1 saturated heterocycles. The number of rotatable bonds is 4. The average Bonchev–Trinajstić information content (AvgIpc) is 2.48. The molecule has 0 saturated carbocycles. The quantitative estimate of drug-likeness (QED) is 0.927. The first-order valence-electron chi connectivity index (χ1n) is 7.04. The molecule has 2 rings (SSSR count). The SMILES string of the molecule is CC(NCc1cccc(Cl)c1F)C(=O)N1CCCCC1. The predicted octanol–water partition coefficient (Wildman–Crippen LogP) is 2.97. The molecule has 1 aromatic carbocycles. The van der Waals surface area contributed by atoms with Crippen LogP contribution in [-0.2, 0) is 11.3 Å². The standard InChI is InChI=1S/C15H20ClFN2O/c1-11(15(20)19-8-3-2-4-9-19)18-10-12-6-5-7-13(16)14(12)17/h5-7,11,18H,2-4,8-10H2,1H3. The third-order valence-electron chi connectivity index (χ3n) is 3.67. The van der Waals surface area contributed by atoms with Crippen LogP contribution in [0, 0.1) is 5.82 Å². The molecule has 0 spiro atoms. The zero-order valence-electron chi connectivity index (χ0n) is 11.7. The van der Waals surface area contributed by atoms with Crippen LogP contribution in [0.15, 0.2) is 18.2 Å². The Hall–Kier alpha value is -1.13. The van der Waals surface area contributed by atoms with Gasteiger partial charge in [0.15, 0.2) is 0 Å². The number of nitrogens with zero attached hydrogens (tertiary/aromatic N) is 1. The van der Waals surface area contributed by atoms with E-state index in [4.69, 9.17) is 11.6 Å². The van der Waals surface area contributed by atoms with Crippen LogP contribution in [0.5, 0.6) is 0 Å². The molecule has 3 nitrogen and oxygen atoms in total. The van der Waals surface area contributed by atoms with Crippen molar-refractivity contribution < 1.29 is 9.18 Å². The fraction of sp³-hybridized carbons (Fsp3) is 0.533. The third-order valence-corrected chi connectivity index (χ3v) is 3.96. The van der Waals surface area contributed by atoms with Crippen molar-refractivity contribution in [2.75, 3.05) is 13.1 Å². The van der Waals surface area contributed by atoms with Gasteiger partial charge in [-0.2, -0.15) is 0 Å². The van der Waals surface area contributed by atoms with Crippen LogP contribution in [0.1, 0.15) is 31.7 Å². The van der Waals surface area contributed by atoms with E-state index < -0.39 is 5.82 Å². The Bertz CT molecular complexity index is 475. The van der Waals surface area contributed by atoms with Crippen LogP contribution in [0.25, 0.3) is 0 Å². The van der Waals surface area contributed by atoms with E-state index >= 15 is 0 Å². The minimum atomic E-state index is -0.417. The Labute approximate surface area is 124 Å². The van der Waals surface area contributed by atoms with Crippen molar-refractivity contribution >= 4 is 17.5 Å². The molecule has 1 aliphatic rings. The molecule has 0 radical (unpaired) electrons. The largest absolute Gasteiger partial charge is 0.341 e. The summed E-state index contributed by atoms with van der Waals surface area (Å²) in [4.78, 5) is 14.1. The van der Waals surface area contributed by atoms with E-state index in [9.17, 15) is 9.18 Å². The van der Waals surface area contributed by atoms with Crippen molar-refractivity contribution in [2.24, 2.45) is 0 Å². The number of halogens is 2. The van der Waals surface area contributed by atoms with Crippen molar-refractivity contribution in [1.82, 2.24) is 10.2 Å². The highest BCUT2D eigenvalue weighted by Gasteiger charge is 2.21. The number of amides is 1. The minimum Gasteiger partial charge on any atom is -0.341 e. The van der Waals surface area contributed by atoms with E-state index in [-0.39, 0.29) is 17.0 Å². The van der Waals surface area contributed by atoms with E-state index in [0.717, 1.165) is 25.9 Å². The number of benzene rings is 1. The summed E-state index contributed by atoms with van der Waals surface area (Å²) in [5, 5.41) is 3.18. The van der Waals surface area contributed by atoms with Crippen LogP contribution < -0.4 is 5.32 Å². The lowest BCUT2D eigenvalue weighted by Crippen LogP contribution is -2.46. The summed E-state index contributed by atoms with van der Waals surface area (Å²) in [7, 11) is 0. The Morgan fingerprint density at radius 2 is 2.10 bits per heavy atom. The highest BCUT2D eigenvalue weighted by atomic mass is 35.5. The second-order valence-corrected chi connectivity index (χ2v) is 5.61. The van der Waals surface area contributed by atoms with Gasteiger partial charge in [0.2, 0.25) is 5.91 Å². The van der Waals surface area contributed by atoms with E-state index in [0.29, 0.717) is 12.1 Å². The summed E-state index contributed by atoms with van der Waals surface area (Å²) in [6.45, 7) is 3.78. The number of piperidine rings is 1. The number of hydrogen-bond acceptors (Lipinski definition) is 2. The molecule has 0 aromatic heterocycles. The molecule has 1 N–H and O–H groups in total. The average molecular weight is 299 g/mol. The van der Waals surface area contributed by atoms with Gasteiger partial charge in [0.05, 0.1) is 11.1 Å². The fourth-order valence-electron chi connectivity index (χ4n) is 2.42. The molecule has 20 heavy (non-hydrogen) atoms. The first kappa shape index (κ1) is 15.3. The van der Waals surface area contributed by atoms with Gasteiger partial charge in [-0.1, -0.05) is 23.7 Å². The molecule has 1 unspecified atom stereocenters. The second kappa shape index (κ2) is 7.04. The highest BCUT2D eigenvalue weighted by molar-refractivity contribution is 6.30. The van der Waals surface area contributed by atoms with Crippen molar-refractivity contribution in [1.29, 1.82) is 0 Å². The maximum absolute atomic E-state index is 13.7. The zero-order valence-corrected chi connectivity index (χ0v) is 12.4. The molecule has 1 amide bonds. The molecule has 1 aliphatic heterocycles. The molecule has 1 aromatic rings. The Balaban J connectivity index is 1.89. The first-order valence-corrected chi connectivity index (χ1v) is 7.42. The van der Waals surface area contributed by atoms with E-state index in [1.165, 1.54) is 12.5 Å². The molecule has 1 fully saturated rings. The predicted molar refractivity (Wildman–Crippen MR) is 78.1 cm³/mol. The van der Waals surface area contributed by atoms with E-state index in [1.54, 1.807) is 12.1 Å². The topological polar surface area (TPSA) is 32.3 Å². The highest BCUT2D eigenvalue weighted by Crippen LogP contribution is 2.18. The summed E-state index contributed by atoms with van der Waals surface area (Å²) in [6.07, 6.45) is 3.34. The van der Waals surface area contributed by atoms with Crippen LogP contribution in [0.3, 0.4) is 0 Å². The van der Waals surface area contributed by atoms with Gasteiger partial charge >= 0.3 is 0 Å². The van der Waals surface area contributed by atoms with Gasteiger partial charge in [-0.3, -0.25) is 4.79 Å². The summed E-state index contributed by atoms with van der Waals surface area (Å²) in [6, 6.07) is 4.58. The monoisotopic (exact) mass is 298 g/mol. The molecule has 1 atom stereocenters. The van der Waals surface area contributed by atoms with Crippen LogP contribution in [0.4, 0.5) is 4.39 Å². The summed E-state index contributed by atoms with van der Waals surface area (Å²) >= 11 is 5.74. The summed E-state index contributed by atoms with van der Waals surface area (Å²) in [5.41, 5.74) is 0.482. The maximum Gasteiger partial charge on any atom is 0.239 e. The van der Waals surface area contributed by atoms with E-state index in [2.05, 4.69) is 5.32 Å². The van der Waals surface area contributed by atoms with E-state index in [1.807, 2.05) is 11.8 Å². The second-order valence-electron chi connectivity index (χ2n) is 5.20.